The first-order valence-electron chi connectivity index (χ1n) is 6.27. The molecule has 1 fully saturated rings. The van der Waals surface area contributed by atoms with E-state index in [4.69, 9.17) is 4.74 Å². The van der Waals surface area contributed by atoms with Crippen molar-refractivity contribution in [2.24, 2.45) is 0 Å². The maximum atomic E-state index is 12.2. The van der Waals surface area contributed by atoms with Crippen LogP contribution in [0.15, 0.2) is 24.3 Å². The van der Waals surface area contributed by atoms with Gasteiger partial charge in [-0.3, -0.25) is 19.7 Å². The zero-order valence-electron chi connectivity index (χ0n) is 11.4. The summed E-state index contributed by atoms with van der Waals surface area (Å²) in [6.45, 7) is 1.52. The van der Waals surface area contributed by atoms with Crippen LogP contribution in [0.2, 0.25) is 0 Å². The minimum Gasteiger partial charge on any atom is -0.497 e. The second-order valence-corrected chi connectivity index (χ2v) is 4.63. The van der Waals surface area contributed by atoms with Gasteiger partial charge in [-0.25, -0.2) is 0 Å². The predicted molar refractivity (Wildman–Crippen MR) is 71.0 cm³/mol. The summed E-state index contributed by atoms with van der Waals surface area (Å²) in [6, 6.07) is 6.47. The zero-order valence-corrected chi connectivity index (χ0v) is 11.4. The molecule has 1 atom stereocenters. The molecule has 1 N–H and O–H groups in total. The molecule has 20 heavy (non-hydrogen) atoms. The first-order valence-corrected chi connectivity index (χ1v) is 6.27. The number of methoxy groups -OCH3 is 1. The molecule has 3 amide bonds. The molecule has 1 aromatic rings. The number of carbonyl (C=O) groups is 3. The van der Waals surface area contributed by atoms with Gasteiger partial charge in [0, 0.05) is 0 Å². The molecule has 1 unspecified atom stereocenters. The van der Waals surface area contributed by atoms with Crippen LogP contribution in [0.5, 0.6) is 5.75 Å². The Bertz CT molecular complexity index is 539. The Morgan fingerprint density at radius 1 is 1.35 bits per heavy atom. The van der Waals surface area contributed by atoms with Crippen LogP contribution in [0.3, 0.4) is 0 Å². The zero-order chi connectivity index (χ0) is 14.7. The number of nitrogens with zero attached hydrogens (tertiary/aromatic N) is 1. The van der Waals surface area contributed by atoms with Crippen molar-refractivity contribution in [2.45, 2.75) is 19.4 Å². The minimum atomic E-state index is -0.626. The van der Waals surface area contributed by atoms with Crippen molar-refractivity contribution in [2.75, 3.05) is 13.7 Å². The fraction of sp³-hybridized carbons (Fsp3) is 0.357. The van der Waals surface area contributed by atoms with Crippen molar-refractivity contribution in [3.8, 4) is 5.75 Å². The number of imide groups is 1. The molecule has 6 heteroatoms. The minimum absolute atomic E-state index is 0.0815. The van der Waals surface area contributed by atoms with Crippen LogP contribution in [0.25, 0.3) is 0 Å². The number of ether oxygens (including phenoxy) is 1. The average Bonchev–Trinajstić information content (AvgIpc) is 2.43. The topological polar surface area (TPSA) is 75.7 Å². The van der Waals surface area contributed by atoms with E-state index in [1.54, 1.807) is 38.3 Å². The van der Waals surface area contributed by atoms with E-state index >= 15 is 0 Å². The molecule has 0 bridgehead atoms. The van der Waals surface area contributed by atoms with Gasteiger partial charge >= 0.3 is 0 Å². The molecule has 6 nitrogen and oxygen atoms in total. The first-order chi connectivity index (χ1) is 9.51. The van der Waals surface area contributed by atoms with Crippen molar-refractivity contribution in [3.05, 3.63) is 29.8 Å². The third kappa shape index (κ3) is 2.96. The highest BCUT2D eigenvalue weighted by Gasteiger charge is 2.33. The van der Waals surface area contributed by atoms with E-state index < -0.39 is 17.9 Å². The largest absolute Gasteiger partial charge is 0.497 e. The lowest BCUT2D eigenvalue weighted by Gasteiger charge is -2.31. The standard InChI is InChI=1S/C14H16N2O4/c1-9-14(19)15-12(17)8-16(9)13(18)7-10-3-5-11(20-2)6-4-10/h3-6,9H,7-8H2,1-2H3,(H,15,17,19). The van der Waals surface area contributed by atoms with E-state index in [0.717, 1.165) is 5.56 Å². The van der Waals surface area contributed by atoms with E-state index in [9.17, 15) is 14.4 Å². The van der Waals surface area contributed by atoms with Gasteiger partial charge in [0.05, 0.1) is 13.5 Å². The Morgan fingerprint density at radius 3 is 2.60 bits per heavy atom. The van der Waals surface area contributed by atoms with Crippen LogP contribution in [-0.4, -0.2) is 42.3 Å². The lowest BCUT2D eigenvalue weighted by atomic mass is 10.1. The molecule has 0 radical (unpaired) electrons. The number of carbonyl (C=O) groups excluding carboxylic acids is 3. The second-order valence-electron chi connectivity index (χ2n) is 4.63. The Labute approximate surface area is 116 Å². The molecular weight excluding hydrogens is 260 g/mol. The fourth-order valence-corrected chi connectivity index (χ4v) is 2.04. The first kappa shape index (κ1) is 14.0. The summed E-state index contributed by atoms with van der Waals surface area (Å²) in [5, 5.41) is 2.20. The van der Waals surface area contributed by atoms with Gasteiger partial charge in [-0.1, -0.05) is 12.1 Å². The molecule has 0 aliphatic carbocycles. The van der Waals surface area contributed by atoms with Gasteiger partial charge in [-0.15, -0.1) is 0 Å². The summed E-state index contributed by atoms with van der Waals surface area (Å²) >= 11 is 0. The number of amides is 3. The third-order valence-corrected chi connectivity index (χ3v) is 3.26. The Hall–Kier alpha value is -2.37. The molecule has 1 aromatic carbocycles. The van der Waals surface area contributed by atoms with Crippen molar-refractivity contribution in [1.82, 2.24) is 10.2 Å². The van der Waals surface area contributed by atoms with E-state index in [2.05, 4.69) is 5.32 Å². The normalized spacial score (nSPS) is 18.7. The van der Waals surface area contributed by atoms with Crippen molar-refractivity contribution < 1.29 is 19.1 Å². The summed E-state index contributed by atoms with van der Waals surface area (Å²) in [7, 11) is 1.57. The summed E-state index contributed by atoms with van der Waals surface area (Å²) in [6.07, 6.45) is 0.148. The number of piperazine rings is 1. The van der Waals surface area contributed by atoms with Gasteiger partial charge < -0.3 is 9.64 Å². The fourth-order valence-electron chi connectivity index (χ4n) is 2.04. The highest BCUT2D eigenvalue weighted by atomic mass is 16.5. The second kappa shape index (κ2) is 5.73. The summed E-state index contributed by atoms with van der Waals surface area (Å²) < 4.78 is 5.04. The maximum Gasteiger partial charge on any atom is 0.249 e. The molecule has 1 aliphatic rings. The quantitative estimate of drug-likeness (QED) is 0.795. The number of rotatable bonds is 3. The molecule has 106 valence electrons. The Morgan fingerprint density at radius 2 is 2.00 bits per heavy atom. The molecule has 0 saturated carbocycles. The van der Waals surface area contributed by atoms with Crippen LogP contribution in [0.4, 0.5) is 0 Å². The van der Waals surface area contributed by atoms with Crippen molar-refractivity contribution >= 4 is 17.7 Å². The summed E-state index contributed by atoms with van der Waals surface area (Å²) in [5.74, 6) is -0.423. The van der Waals surface area contributed by atoms with E-state index in [1.165, 1.54) is 4.90 Å². The van der Waals surface area contributed by atoms with Crippen LogP contribution in [0.1, 0.15) is 12.5 Å². The van der Waals surface area contributed by atoms with Crippen LogP contribution in [-0.2, 0) is 20.8 Å². The van der Waals surface area contributed by atoms with E-state index in [1.807, 2.05) is 0 Å². The maximum absolute atomic E-state index is 12.2. The molecule has 1 saturated heterocycles. The smallest absolute Gasteiger partial charge is 0.249 e. The highest BCUT2D eigenvalue weighted by molar-refractivity contribution is 6.04. The van der Waals surface area contributed by atoms with Crippen LogP contribution in [0, 0.1) is 0 Å². The van der Waals surface area contributed by atoms with Crippen LogP contribution < -0.4 is 10.1 Å². The number of nitrogens with one attached hydrogen (secondary N) is 1. The number of hydrogen-bond donors (Lipinski definition) is 1. The predicted octanol–water partition coefficient (Wildman–Crippen LogP) is 0.111. The van der Waals surface area contributed by atoms with Gasteiger partial charge in [0.1, 0.15) is 18.3 Å². The Kier molecular flexibility index (Phi) is 4.02. The summed E-state index contributed by atoms with van der Waals surface area (Å²) in [5.41, 5.74) is 0.807. The van der Waals surface area contributed by atoms with E-state index in [0.29, 0.717) is 5.75 Å². The molecule has 0 spiro atoms. The third-order valence-electron chi connectivity index (χ3n) is 3.26. The van der Waals surface area contributed by atoms with Gasteiger partial charge in [0.15, 0.2) is 0 Å². The highest BCUT2D eigenvalue weighted by Crippen LogP contribution is 2.14. The lowest BCUT2D eigenvalue weighted by Crippen LogP contribution is -2.58. The molecular formula is C14H16N2O4. The molecule has 1 heterocycles. The van der Waals surface area contributed by atoms with Crippen molar-refractivity contribution in [3.63, 3.8) is 0 Å². The molecule has 2 rings (SSSR count). The summed E-state index contributed by atoms with van der Waals surface area (Å²) in [4.78, 5) is 36.3. The van der Waals surface area contributed by atoms with E-state index in [-0.39, 0.29) is 18.9 Å². The average molecular weight is 276 g/mol. The SMILES string of the molecule is COc1ccc(CC(=O)N2CC(=O)NC(=O)C2C)cc1. The van der Waals surface area contributed by atoms with Gasteiger partial charge in [0.2, 0.25) is 17.7 Å². The number of hydrogen-bond acceptors (Lipinski definition) is 4. The van der Waals surface area contributed by atoms with Gasteiger partial charge in [-0.2, -0.15) is 0 Å². The number of benzene rings is 1. The monoisotopic (exact) mass is 276 g/mol. The van der Waals surface area contributed by atoms with Crippen molar-refractivity contribution in [1.29, 1.82) is 0 Å². The molecule has 1 aliphatic heterocycles. The lowest BCUT2D eigenvalue weighted by molar-refractivity contribution is -0.149. The van der Waals surface area contributed by atoms with Crippen LogP contribution >= 0.6 is 0 Å². The Balaban J connectivity index is 2.06. The molecule has 0 aromatic heterocycles. The van der Waals surface area contributed by atoms with Gasteiger partial charge in [-0.05, 0) is 24.6 Å². The van der Waals surface area contributed by atoms with Gasteiger partial charge in [0.25, 0.3) is 0 Å².